The lowest BCUT2D eigenvalue weighted by atomic mass is 10.0. The Kier molecular flexibility index (Phi) is 5.16. The second-order valence-corrected chi connectivity index (χ2v) is 6.34. The molecule has 0 amide bonds. The average Bonchev–Trinajstić information content (AvgIpc) is 3.14. The monoisotopic (exact) mass is 419 g/mol. The molecule has 0 aliphatic heterocycles. The fourth-order valence-electron chi connectivity index (χ4n) is 2.44. The lowest BCUT2D eigenvalue weighted by Crippen LogP contribution is -1.88. The van der Waals surface area contributed by atoms with E-state index in [1.165, 1.54) is 12.1 Å². The second kappa shape index (κ2) is 7.69. The molecule has 7 heteroatoms. The van der Waals surface area contributed by atoms with Crippen LogP contribution >= 0.6 is 15.9 Å². The van der Waals surface area contributed by atoms with Crippen LogP contribution in [0.15, 0.2) is 63.5 Å². The normalized spacial score (nSPS) is 10.9. The minimum atomic E-state index is -0.471. The van der Waals surface area contributed by atoms with Crippen LogP contribution in [0.25, 0.3) is 23.0 Å². The van der Waals surface area contributed by atoms with Crippen molar-refractivity contribution in [2.45, 2.75) is 0 Å². The maximum absolute atomic E-state index is 10.8. The molecule has 2 aromatic carbocycles. The number of nitrogens with zero attached hydrogens (tertiary/aromatic N) is 3. The highest BCUT2D eigenvalue weighted by Crippen LogP contribution is 2.33. The third kappa shape index (κ3) is 3.95. The summed E-state index contributed by atoms with van der Waals surface area (Å²) in [5, 5.41) is 29.1. The number of nitro benzene ring substituents is 1. The van der Waals surface area contributed by atoms with Gasteiger partial charge in [0.2, 0.25) is 0 Å². The molecule has 0 saturated heterocycles. The van der Waals surface area contributed by atoms with Gasteiger partial charge in [0.25, 0.3) is 5.69 Å². The lowest BCUT2D eigenvalue weighted by Gasteiger charge is -2.01. The van der Waals surface area contributed by atoms with Crippen LogP contribution in [0.2, 0.25) is 0 Å². The molecule has 6 nitrogen and oxygen atoms in total. The molecule has 1 heterocycles. The zero-order valence-corrected chi connectivity index (χ0v) is 15.3. The first-order valence-electron chi connectivity index (χ1n) is 7.68. The maximum atomic E-state index is 10.8. The standard InChI is InChI=1S/C20H10BrN3O3/c21-19-10-16(24(25)26)5-7-18(19)20-8-6-17(27-20)9-15(12-23)14-3-1-13(11-22)2-4-14/h1-10H/b15-9-. The van der Waals surface area contributed by atoms with Crippen LogP contribution in [-0.2, 0) is 0 Å². The Morgan fingerprint density at radius 1 is 1.11 bits per heavy atom. The van der Waals surface area contributed by atoms with E-state index < -0.39 is 4.92 Å². The van der Waals surface area contributed by atoms with E-state index >= 15 is 0 Å². The molecule has 3 rings (SSSR count). The fraction of sp³-hybridized carbons (Fsp3) is 0. The Bertz CT molecular complexity index is 1130. The van der Waals surface area contributed by atoms with Crippen molar-refractivity contribution in [2.75, 3.05) is 0 Å². The van der Waals surface area contributed by atoms with Crippen molar-refractivity contribution in [1.29, 1.82) is 10.5 Å². The van der Waals surface area contributed by atoms with Gasteiger partial charge in [0, 0.05) is 22.2 Å². The van der Waals surface area contributed by atoms with Gasteiger partial charge in [-0.25, -0.2) is 0 Å². The van der Waals surface area contributed by atoms with Gasteiger partial charge in [-0.05, 0) is 57.9 Å². The van der Waals surface area contributed by atoms with Gasteiger partial charge >= 0.3 is 0 Å². The molecule has 0 saturated carbocycles. The average molecular weight is 420 g/mol. The number of halogens is 1. The maximum Gasteiger partial charge on any atom is 0.270 e. The smallest absolute Gasteiger partial charge is 0.270 e. The molecule has 0 unspecified atom stereocenters. The van der Waals surface area contributed by atoms with E-state index in [1.807, 2.05) is 6.07 Å². The molecule has 0 bridgehead atoms. The van der Waals surface area contributed by atoms with Gasteiger partial charge in [-0.15, -0.1) is 0 Å². The van der Waals surface area contributed by atoms with Gasteiger partial charge in [0.15, 0.2) is 0 Å². The first-order chi connectivity index (χ1) is 13.0. The molecule has 1 aromatic heterocycles. The first-order valence-corrected chi connectivity index (χ1v) is 8.47. The minimum absolute atomic E-state index is 0.0233. The predicted octanol–water partition coefficient (Wildman–Crippen LogP) is 5.55. The summed E-state index contributed by atoms with van der Waals surface area (Å²) in [5.41, 5.74) is 2.22. The second-order valence-electron chi connectivity index (χ2n) is 5.48. The van der Waals surface area contributed by atoms with Gasteiger partial charge in [0.1, 0.15) is 11.5 Å². The Hall–Kier alpha value is -3.68. The Balaban J connectivity index is 1.93. The molecule has 0 aliphatic rings. The van der Waals surface area contributed by atoms with Crippen LogP contribution in [0.4, 0.5) is 5.69 Å². The van der Waals surface area contributed by atoms with Crippen LogP contribution in [0.5, 0.6) is 0 Å². The van der Waals surface area contributed by atoms with Gasteiger partial charge < -0.3 is 4.42 Å². The van der Waals surface area contributed by atoms with Crippen molar-refractivity contribution in [3.63, 3.8) is 0 Å². The largest absolute Gasteiger partial charge is 0.457 e. The molecule has 0 fully saturated rings. The first kappa shape index (κ1) is 18.1. The summed E-state index contributed by atoms with van der Waals surface area (Å²) in [6, 6.07) is 18.7. The highest BCUT2D eigenvalue weighted by Gasteiger charge is 2.13. The van der Waals surface area contributed by atoms with Gasteiger partial charge in [-0.2, -0.15) is 10.5 Å². The Labute approximate surface area is 162 Å². The third-order valence-corrected chi connectivity index (χ3v) is 4.44. The molecular weight excluding hydrogens is 410 g/mol. The summed E-state index contributed by atoms with van der Waals surface area (Å²) in [6.45, 7) is 0. The zero-order chi connectivity index (χ0) is 19.4. The Morgan fingerprint density at radius 3 is 2.44 bits per heavy atom. The van der Waals surface area contributed by atoms with Crippen LogP contribution in [0.3, 0.4) is 0 Å². The van der Waals surface area contributed by atoms with E-state index in [0.717, 1.165) is 0 Å². The number of hydrogen-bond acceptors (Lipinski definition) is 5. The zero-order valence-electron chi connectivity index (χ0n) is 13.7. The number of hydrogen-bond donors (Lipinski definition) is 0. The van der Waals surface area contributed by atoms with Gasteiger partial charge in [-0.3, -0.25) is 10.1 Å². The van der Waals surface area contributed by atoms with Gasteiger partial charge in [0.05, 0.1) is 28.2 Å². The molecule has 0 atom stereocenters. The number of benzene rings is 2. The lowest BCUT2D eigenvalue weighted by molar-refractivity contribution is -0.384. The summed E-state index contributed by atoms with van der Waals surface area (Å²) >= 11 is 3.32. The summed E-state index contributed by atoms with van der Waals surface area (Å²) in [4.78, 5) is 10.4. The number of rotatable bonds is 4. The van der Waals surface area contributed by atoms with Crippen LogP contribution in [-0.4, -0.2) is 4.92 Å². The summed E-state index contributed by atoms with van der Waals surface area (Å²) in [6.07, 6.45) is 1.60. The molecule has 0 radical (unpaired) electrons. The SMILES string of the molecule is N#C/C(=C/c1ccc(-c2ccc([N+](=O)[O-])cc2Br)o1)c1ccc(C#N)cc1. The molecule has 0 aliphatic carbocycles. The van der Waals surface area contributed by atoms with Crippen molar-refractivity contribution < 1.29 is 9.34 Å². The molecular formula is C20H10BrN3O3. The highest BCUT2D eigenvalue weighted by molar-refractivity contribution is 9.10. The predicted molar refractivity (Wildman–Crippen MR) is 103 cm³/mol. The summed E-state index contributed by atoms with van der Waals surface area (Å²) in [7, 11) is 0. The number of nitriles is 2. The van der Waals surface area contributed by atoms with Crippen molar-refractivity contribution in [2.24, 2.45) is 0 Å². The van der Waals surface area contributed by atoms with Gasteiger partial charge in [-0.1, -0.05) is 12.1 Å². The molecule has 130 valence electrons. The topological polar surface area (TPSA) is 104 Å². The summed E-state index contributed by atoms with van der Waals surface area (Å²) < 4.78 is 6.31. The highest BCUT2D eigenvalue weighted by atomic mass is 79.9. The van der Waals surface area contributed by atoms with E-state index in [0.29, 0.717) is 38.3 Å². The minimum Gasteiger partial charge on any atom is -0.457 e. The summed E-state index contributed by atoms with van der Waals surface area (Å²) in [5.74, 6) is 0.983. The van der Waals surface area contributed by atoms with Crippen molar-refractivity contribution in [3.8, 4) is 23.5 Å². The van der Waals surface area contributed by atoms with E-state index in [2.05, 4.69) is 22.0 Å². The van der Waals surface area contributed by atoms with E-state index in [4.69, 9.17) is 9.68 Å². The quantitative estimate of drug-likeness (QED) is 0.313. The van der Waals surface area contributed by atoms with E-state index in [9.17, 15) is 15.4 Å². The number of allylic oxidation sites excluding steroid dienone is 1. The van der Waals surface area contributed by atoms with Crippen LogP contribution in [0.1, 0.15) is 16.9 Å². The van der Waals surface area contributed by atoms with Crippen molar-refractivity contribution >= 4 is 33.3 Å². The number of nitro groups is 1. The fourth-order valence-corrected chi connectivity index (χ4v) is 3.00. The third-order valence-electron chi connectivity index (χ3n) is 3.79. The van der Waals surface area contributed by atoms with Crippen molar-refractivity contribution in [3.05, 3.63) is 86.1 Å². The number of non-ortho nitro benzene ring substituents is 1. The van der Waals surface area contributed by atoms with Crippen LogP contribution in [0, 0.1) is 32.8 Å². The molecule has 3 aromatic rings. The van der Waals surface area contributed by atoms with E-state index in [1.54, 1.807) is 48.5 Å². The Morgan fingerprint density at radius 2 is 1.85 bits per heavy atom. The molecule has 0 spiro atoms. The van der Waals surface area contributed by atoms with E-state index in [-0.39, 0.29) is 5.69 Å². The molecule has 27 heavy (non-hydrogen) atoms. The van der Waals surface area contributed by atoms with Crippen LogP contribution < -0.4 is 0 Å². The van der Waals surface area contributed by atoms with Crippen molar-refractivity contribution in [1.82, 2.24) is 0 Å². The molecule has 0 N–H and O–H groups in total. The number of furan rings is 1.